The van der Waals surface area contributed by atoms with Crippen LogP contribution in [0.25, 0.3) is 21.3 Å². The monoisotopic (exact) mass is 305 g/mol. The van der Waals surface area contributed by atoms with E-state index in [0.29, 0.717) is 5.13 Å². The molecule has 0 saturated carbocycles. The van der Waals surface area contributed by atoms with Gasteiger partial charge in [-0.1, -0.05) is 45.5 Å². The Kier molecular flexibility index (Phi) is 2.57. The summed E-state index contributed by atoms with van der Waals surface area (Å²) in [6, 6.07) is 12.4. The highest BCUT2D eigenvalue weighted by Gasteiger charge is 2.05. The van der Waals surface area contributed by atoms with Crippen molar-refractivity contribution in [1.29, 1.82) is 0 Å². The van der Waals surface area contributed by atoms with Crippen molar-refractivity contribution in [2.24, 2.45) is 0 Å². The van der Waals surface area contributed by atoms with Crippen molar-refractivity contribution in [3.05, 3.63) is 40.9 Å². The van der Waals surface area contributed by atoms with Crippen LogP contribution in [0.3, 0.4) is 0 Å². The van der Waals surface area contributed by atoms with E-state index in [0.717, 1.165) is 15.0 Å². The molecule has 3 nitrogen and oxygen atoms in total. The van der Waals surface area contributed by atoms with E-state index >= 15 is 0 Å². The van der Waals surface area contributed by atoms with Gasteiger partial charge in [0.25, 0.3) is 0 Å². The zero-order valence-corrected chi connectivity index (χ0v) is 11.1. The minimum Gasteiger partial charge on any atom is -0.374 e. The van der Waals surface area contributed by atoms with Gasteiger partial charge in [-0.15, -0.1) is 10.2 Å². The fraction of sp³-hybridized carbons (Fsp3) is 0. The zero-order chi connectivity index (χ0) is 11.8. The van der Waals surface area contributed by atoms with Crippen LogP contribution in [0.2, 0.25) is 0 Å². The number of benzene rings is 2. The molecule has 1 heterocycles. The van der Waals surface area contributed by atoms with Gasteiger partial charge >= 0.3 is 0 Å². The minimum atomic E-state index is 0.496. The molecule has 0 aliphatic heterocycles. The van der Waals surface area contributed by atoms with E-state index in [1.165, 1.54) is 22.1 Å². The van der Waals surface area contributed by atoms with Crippen LogP contribution in [-0.4, -0.2) is 10.2 Å². The van der Waals surface area contributed by atoms with Crippen LogP contribution in [0.4, 0.5) is 5.13 Å². The number of nitrogen functional groups attached to an aromatic ring is 1. The maximum atomic E-state index is 5.59. The lowest BCUT2D eigenvalue weighted by Crippen LogP contribution is -1.80. The molecule has 84 valence electrons. The Bertz CT molecular complexity index is 693. The molecule has 17 heavy (non-hydrogen) atoms. The highest BCUT2D eigenvalue weighted by molar-refractivity contribution is 9.10. The number of halogens is 1. The van der Waals surface area contributed by atoms with E-state index in [1.807, 2.05) is 12.1 Å². The van der Waals surface area contributed by atoms with Crippen LogP contribution in [0.15, 0.2) is 40.9 Å². The van der Waals surface area contributed by atoms with Crippen molar-refractivity contribution in [2.45, 2.75) is 0 Å². The molecule has 2 N–H and O–H groups in total. The normalized spacial score (nSPS) is 10.9. The van der Waals surface area contributed by atoms with Gasteiger partial charge in [0.2, 0.25) is 5.13 Å². The Hall–Kier alpha value is -1.46. The lowest BCUT2D eigenvalue weighted by atomic mass is 10.1. The van der Waals surface area contributed by atoms with Crippen molar-refractivity contribution in [1.82, 2.24) is 10.2 Å². The van der Waals surface area contributed by atoms with Crippen LogP contribution >= 0.6 is 27.3 Å². The Labute approximate surface area is 110 Å². The molecule has 3 rings (SSSR count). The third-order valence-electron chi connectivity index (χ3n) is 2.49. The summed E-state index contributed by atoms with van der Waals surface area (Å²) in [4.78, 5) is 0. The number of fused-ring (bicyclic) bond motifs is 1. The second-order valence-corrected chi connectivity index (χ2v) is 5.58. The van der Waals surface area contributed by atoms with Gasteiger partial charge in [0, 0.05) is 10.0 Å². The number of hydrogen-bond donors (Lipinski definition) is 1. The van der Waals surface area contributed by atoms with Crippen molar-refractivity contribution in [3.8, 4) is 10.6 Å². The average Bonchev–Trinajstić information content (AvgIpc) is 2.75. The Morgan fingerprint density at radius 2 is 1.76 bits per heavy atom. The maximum absolute atomic E-state index is 5.59. The van der Waals surface area contributed by atoms with Crippen molar-refractivity contribution in [3.63, 3.8) is 0 Å². The fourth-order valence-corrected chi connectivity index (χ4v) is 2.69. The number of nitrogens with two attached hydrogens (primary N) is 1. The molecule has 0 fully saturated rings. The predicted octanol–water partition coefficient (Wildman–Crippen LogP) is 3.70. The molecular formula is C12H8BrN3S. The summed E-state index contributed by atoms with van der Waals surface area (Å²) in [5.41, 5.74) is 6.64. The average molecular weight is 306 g/mol. The lowest BCUT2D eigenvalue weighted by Gasteiger charge is -2.01. The van der Waals surface area contributed by atoms with Gasteiger partial charge in [-0.2, -0.15) is 0 Å². The number of anilines is 1. The van der Waals surface area contributed by atoms with Gasteiger partial charge in [0.15, 0.2) is 0 Å². The van der Waals surface area contributed by atoms with Crippen molar-refractivity contribution >= 4 is 43.2 Å². The molecule has 0 aliphatic carbocycles. The highest BCUT2D eigenvalue weighted by atomic mass is 79.9. The second kappa shape index (κ2) is 4.09. The van der Waals surface area contributed by atoms with Crippen molar-refractivity contribution in [2.75, 3.05) is 5.73 Å². The molecule has 0 radical (unpaired) electrons. The van der Waals surface area contributed by atoms with Crippen LogP contribution in [0.5, 0.6) is 0 Å². The Morgan fingerprint density at radius 3 is 2.53 bits per heavy atom. The van der Waals surface area contributed by atoms with Crippen LogP contribution < -0.4 is 5.73 Å². The maximum Gasteiger partial charge on any atom is 0.203 e. The zero-order valence-electron chi connectivity index (χ0n) is 8.72. The van der Waals surface area contributed by atoms with E-state index in [9.17, 15) is 0 Å². The topological polar surface area (TPSA) is 51.8 Å². The SMILES string of the molecule is Nc1nnc(-c2ccc3cc(Br)ccc3c2)s1. The largest absolute Gasteiger partial charge is 0.374 e. The number of aromatic nitrogens is 2. The van der Waals surface area contributed by atoms with Crippen LogP contribution in [0, 0.1) is 0 Å². The number of nitrogens with zero attached hydrogens (tertiary/aromatic N) is 2. The first-order valence-corrected chi connectivity index (χ1v) is 6.62. The summed E-state index contributed by atoms with van der Waals surface area (Å²) in [7, 11) is 0. The van der Waals surface area contributed by atoms with Gasteiger partial charge in [-0.3, -0.25) is 0 Å². The van der Waals surface area contributed by atoms with Gasteiger partial charge < -0.3 is 5.73 Å². The second-order valence-electron chi connectivity index (χ2n) is 3.65. The molecule has 0 unspecified atom stereocenters. The summed E-state index contributed by atoms with van der Waals surface area (Å²) >= 11 is 4.86. The quantitative estimate of drug-likeness (QED) is 0.746. The predicted molar refractivity (Wildman–Crippen MR) is 75.0 cm³/mol. The molecule has 2 aromatic carbocycles. The first-order valence-electron chi connectivity index (χ1n) is 5.01. The third kappa shape index (κ3) is 2.03. The first kappa shape index (κ1) is 10.7. The molecular weight excluding hydrogens is 298 g/mol. The van der Waals surface area contributed by atoms with Gasteiger partial charge in [0.05, 0.1) is 0 Å². The molecule has 0 amide bonds. The molecule has 0 spiro atoms. The third-order valence-corrected chi connectivity index (χ3v) is 3.78. The highest BCUT2D eigenvalue weighted by Crippen LogP contribution is 2.28. The Morgan fingerprint density at radius 1 is 1.00 bits per heavy atom. The molecule has 0 aliphatic rings. The van der Waals surface area contributed by atoms with Gasteiger partial charge in [-0.25, -0.2) is 0 Å². The molecule has 0 atom stereocenters. The van der Waals surface area contributed by atoms with Crippen LogP contribution in [-0.2, 0) is 0 Å². The van der Waals surface area contributed by atoms with E-state index in [1.54, 1.807) is 0 Å². The first-order chi connectivity index (χ1) is 8.22. The molecule has 0 saturated heterocycles. The number of rotatable bonds is 1. The summed E-state index contributed by atoms with van der Waals surface area (Å²) in [5.74, 6) is 0. The van der Waals surface area contributed by atoms with Gasteiger partial charge in [0.1, 0.15) is 5.01 Å². The molecule has 5 heteroatoms. The molecule has 1 aromatic heterocycles. The Balaban J connectivity index is 2.16. The number of hydrogen-bond acceptors (Lipinski definition) is 4. The van der Waals surface area contributed by atoms with E-state index in [-0.39, 0.29) is 0 Å². The summed E-state index contributed by atoms with van der Waals surface area (Å²) in [6.45, 7) is 0. The van der Waals surface area contributed by atoms with E-state index in [2.05, 4.69) is 50.4 Å². The summed E-state index contributed by atoms with van der Waals surface area (Å²) in [5, 5.41) is 11.6. The van der Waals surface area contributed by atoms with Gasteiger partial charge in [-0.05, 0) is 29.0 Å². The standard InChI is InChI=1S/C12H8BrN3S/c13-10-4-3-7-5-9(2-1-8(7)6-10)11-15-16-12(14)17-11/h1-6H,(H2,14,16). The smallest absolute Gasteiger partial charge is 0.203 e. The van der Waals surface area contributed by atoms with E-state index in [4.69, 9.17) is 5.73 Å². The lowest BCUT2D eigenvalue weighted by molar-refractivity contribution is 1.10. The minimum absolute atomic E-state index is 0.496. The van der Waals surface area contributed by atoms with E-state index < -0.39 is 0 Å². The fourth-order valence-electron chi connectivity index (χ4n) is 1.70. The van der Waals surface area contributed by atoms with Crippen LogP contribution in [0.1, 0.15) is 0 Å². The molecule has 0 bridgehead atoms. The van der Waals surface area contributed by atoms with Crippen molar-refractivity contribution < 1.29 is 0 Å². The summed E-state index contributed by atoms with van der Waals surface area (Å²) in [6.07, 6.45) is 0. The molecule has 3 aromatic rings. The summed E-state index contributed by atoms with van der Waals surface area (Å²) < 4.78 is 1.08.